The van der Waals surface area contributed by atoms with Crippen molar-refractivity contribution in [1.29, 1.82) is 0 Å². The minimum absolute atomic E-state index is 0.264. The molecule has 17 heavy (non-hydrogen) atoms. The molecule has 0 radical (unpaired) electrons. The zero-order valence-electron chi connectivity index (χ0n) is 9.72. The Kier molecular flexibility index (Phi) is 4.63. The summed E-state index contributed by atoms with van der Waals surface area (Å²) in [7, 11) is -2.11. The molecule has 0 aromatic heterocycles. The Morgan fingerprint density at radius 2 is 1.88 bits per heavy atom. The summed E-state index contributed by atoms with van der Waals surface area (Å²) in [6.07, 6.45) is -1.84. The van der Waals surface area contributed by atoms with E-state index in [0.29, 0.717) is 9.92 Å². The van der Waals surface area contributed by atoms with Gasteiger partial charge in [0.1, 0.15) is 0 Å². The number of rotatable bonds is 3. The highest BCUT2D eigenvalue weighted by Crippen LogP contribution is 2.31. The second-order valence-electron chi connectivity index (χ2n) is 4.47. The van der Waals surface area contributed by atoms with E-state index in [-0.39, 0.29) is 5.56 Å². The Morgan fingerprint density at radius 1 is 1.29 bits per heavy atom. The van der Waals surface area contributed by atoms with Gasteiger partial charge in [-0.1, -0.05) is 11.6 Å². The van der Waals surface area contributed by atoms with Gasteiger partial charge in [0.2, 0.25) is 8.32 Å². The lowest BCUT2D eigenvalue weighted by Gasteiger charge is -2.22. The molecule has 0 fully saturated rings. The number of benzene rings is 1. The number of thiol groups is 1. The van der Waals surface area contributed by atoms with Gasteiger partial charge in [-0.3, -0.25) is 0 Å². The summed E-state index contributed by atoms with van der Waals surface area (Å²) >= 11 is 9.88. The molecule has 0 aliphatic carbocycles. The van der Waals surface area contributed by atoms with E-state index in [4.69, 9.17) is 16.0 Å². The van der Waals surface area contributed by atoms with Gasteiger partial charge in [-0.15, -0.1) is 12.6 Å². The highest BCUT2D eigenvalue weighted by Gasteiger charge is 2.23. The van der Waals surface area contributed by atoms with E-state index < -0.39 is 20.2 Å². The van der Waals surface area contributed by atoms with Crippen LogP contribution in [0.1, 0.15) is 5.56 Å². The molecule has 0 amide bonds. The van der Waals surface area contributed by atoms with Crippen LogP contribution in [0.4, 0.5) is 8.78 Å². The van der Waals surface area contributed by atoms with Gasteiger partial charge in [0, 0.05) is 15.5 Å². The molecule has 0 bridgehead atoms. The van der Waals surface area contributed by atoms with Crippen LogP contribution >= 0.6 is 24.2 Å². The fourth-order valence-corrected chi connectivity index (χ4v) is 2.56. The first-order valence-corrected chi connectivity index (χ1v) is 9.17. The van der Waals surface area contributed by atoms with Crippen LogP contribution in [0.5, 0.6) is 0 Å². The topological polar surface area (TPSA) is 9.23 Å². The summed E-state index contributed by atoms with van der Waals surface area (Å²) < 4.78 is 31.2. The molecule has 1 aromatic carbocycles. The first kappa shape index (κ1) is 14.5. The van der Waals surface area contributed by atoms with Gasteiger partial charge in [-0.05, 0) is 37.8 Å². The van der Waals surface area contributed by atoms with Crippen LogP contribution in [0.15, 0.2) is 29.2 Å². The van der Waals surface area contributed by atoms with Gasteiger partial charge < -0.3 is 4.43 Å². The van der Waals surface area contributed by atoms with E-state index in [1.807, 2.05) is 19.6 Å². The predicted molar refractivity (Wildman–Crippen MR) is 72.3 cm³/mol. The van der Waals surface area contributed by atoms with Gasteiger partial charge in [0.25, 0.3) is 0 Å². The lowest BCUT2D eigenvalue weighted by molar-refractivity contribution is 0.383. The molecule has 94 valence electrons. The molecule has 0 heterocycles. The second kappa shape index (κ2) is 5.41. The quantitative estimate of drug-likeness (QED) is 0.466. The van der Waals surface area contributed by atoms with Gasteiger partial charge in [-0.2, -0.15) is 8.78 Å². The van der Waals surface area contributed by atoms with E-state index in [1.165, 1.54) is 18.2 Å². The number of halogens is 3. The molecular formula is C11H13ClF2OSSi. The van der Waals surface area contributed by atoms with Crippen LogP contribution in [0.2, 0.25) is 24.7 Å². The third kappa shape index (κ3) is 4.33. The molecule has 1 rings (SSSR count). The van der Waals surface area contributed by atoms with Gasteiger partial charge in [-0.25, -0.2) is 0 Å². The third-order valence-corrected chi connectivity index (χ3v) is 3.21. The summed E-state index contributed by atoms with van der Waals surface area (Å²) in [6.45, 7) is 5.51. The molecule has 0 aliphatic heterocycles. The van der Waals surface area contributed by atoms with Crippen LogP contribution in [0, 0.1) is 0 Å². The number of hydrogen-bond acceptors (Lipinski definition) is 2. The molecule has 0 unspecified atom stereocenters. The molecule has 0 N–H and O–H groups in total. The Bertz CT molecular complexity index is 453. The van der Waals surface area contributed by atoms with E-state index in [9.17, 15) is 8.78 Å². The summed E-state index contributed by atoms with van der Waals surface area (Å²) in [5.74, 6) is -0.397. The molecule has 0 atom stereocenters. The zero-order chi connectivity index (χ0) is 13.2. The lowest BCUT2D eigenvalue weighted by Crippen LogP contribution is -2.24. The van der Waals surface area contributed by atoms with Crippen molar-refractivity contribution in [2.45, 2.75) is 24.5 Å². The zero-order valence-corrected chi connectivity index (χ0v) is 12.4. The maximum atomic E-state index is 12.9. The van der Waals surface area contributed by atoms with Crippen molar-refractivity contribution in [3.63, 3.8) is 0 Å². The van der Waals surface area contributed by atoms with Crippen LogP contribution in [-0.2, 0) is 4.43 Å². The average molecular weight is 295 g/mol. The molecule has 6 heteroatoms. The minimum Gasteiger partial charge on any atom is -0.540 e. The first-order chi connectivity index (χ1) is 7.70. The highest BCUT2D eigenvalue weighted by atomic mass is 35.5. The Balaban J connectivity index is 3.22. The van der Waals surface area contributed by atoms with E-state index in [1.54, 1.807) is 0 Å². The molecule has 1 nitrogen and oxygen atoms in total. The summed E-state index contributed by atoms with van der Waals surface area (Å²) in [6, 6.07) is 4.53. The first-order valence-electron chi connectivity index (χ1n) is 4.94. The largest absolute Gasteiger partial charge is 0.540 e. The average Bonchev–Trinajstić information content (AvgIpc) is 2.13. The van der Waals surface area contributed by atoms with Crippen molar-refractivity contribution >= 4 is 38.3 Å². The molecule has 1 aromatic rings. The Labute approximate surface area is 111 Å². The maximum Gasteiger partial charge on any atom is 0.311 e. The van der Waals surface area contributed by atoms with Crippen molar-refractivity contribution < 1.29 is 13.2 Å². The SMILES string of the molecule is C[Si](C)(C)OC(=C(F)F)c1ccc(Cl)cc1S. The van der Waals surface area contributed by atoms with E-state index in [2.05, 4.69) is 12.6 Å². The van der Waals surface area contributed by atoms with Crippen molar-refractivity contribution in [3.05, 3.63) is 34.9 Å². The predicted octanol–water partition coefficient (Wildman–Crippen LogP) is 5.05. The third-order valence-electron chi connectivity index (χ3n) is 1.78. The van der Waals surface area contributed by atoms with Gasteiger partial charge in [0.05, 0.1) is 0 Å². The van der Waals surface area contributed by atoms with E-state index in [0.717, 1.165) is 0 Å². The normalized spacial score (nSPS) is 11.2. The molecule has 0 saturated carbocycles. The van der Waals surface area contributed by atoms with Crippen LogP contribution < -0.4 is 0 Å². The molecule has 0 aliphatic rings. The standard InChI is InChI=1S/C11H13ClF2OSSi/c1-17(2,3)15-10(11(13)14)8-5-4-7(12)6-9(8)16/h4-6,16H,1-3H3. The lowest BCUT2D eigenvalue weighted by atomic mass is 10.2. The van der Waals surface area contributed by atoms with Crippen LogP contribution in [0.3, 0.4) is 0 Å². The van der Waals surface area contributed by atoms with Crippen LogP contribution in [-0.4, -0.2) is 8.32 Å². The molecular weight excluding hydrogens is 282 g/mol. The second-order valence-corrected chi connectivity index (χ2v) is 9.81. The van der Waals surface area contributed by atoms with E-state index >= 15 is 0 Å². The van der Waals surface area contributed by atoms with Crippen molar-refractivity contribution in [2.24, 2.45) is 0 Å². The summed E-state index contributed by atoms with van der Waals surface area (Å²) in [5.41, 5.74) is 0.264. The van der Waals surface area contributed by atoms with Crippen LogP contribution in [0.25, 0.3) is 5.76 Å². The Morgan fingerprint density at radius 3 is 2.29 bits per heavy atom. The summed E-state index contributed by atoms with van der Waals surface area (Å²) in [4.78, 5) is 0.374. The van der Waals surface area contributed by atoms with Crippen molar-refractivity contribution in [2.75, 3.05) is 0 Å². The molecule has 0 saturated heterocycles. The smallest absolute Gasteiger partial charge is 0.311 e. The fraction of sp³-hybridized carbons (Fsp3) is 0.273. The monoisotopic (exact) mass is 294 g/mol. The highest BCUT2D eigenvalue weighted by molar-refractivity contribution is 7.80. The Hall–Kier alpha value is -0.523. The van der Waals surface area contributed by atoms with Gasteiger partial charge >= 0.3 is 6.08 Å². The van der Waals surface area contributed by atoms with Crippen molar-refractivity contribution in [3.8, 4) is 0 Å². The fourth-order valence-electron chi connectivity index (χ4n) is 1.20. The molecule has 0 spiro atoms. The minimum atomic E-state index is -2.11. The van der Waals surface area contributed by atoms with Crippen molar-refractivity contribution in [1.82, 2.24) is 0 Å². The van der Waals surface area contributed by atoms with Gasteiger partial charge in [0.15, 0.2) is 5.76 Å². The number of hydrogen-bond donors (Lipinski definition) is 1. The maximum absolute atomic E-state index is 12.9. The summed E-state index contributed by atoms with van der Waals surface area (Å²) in [5, 5.41) is 0.449.